The summed E-state index contributed by atoms with van der Waals surface area (Å²) in [6, 6.07) is 3.34. The van der Waals surface area contributed by atoms with Crippen molar-refractivity contribution in [2.45, 2.75) is 0 Å². The van der Waals surface area contributed by atoms with E-state index in [0.717, 1.165) is 6.07 Å². The van der Waals surface area contributed by atoms with E-state index >= 15 is 0 Å². The van der Waals surface area contributed by atoms with Gasteiger partial charge in [0.25, 0.3) is 0 Å². The van der Waals surface area contributed by atoms with Crippen LogP contribution in [0.15, 0.2) is 30.7 Å². The molecule has 15 heavy (non-hydrogen) atoms. The Balaban J connectivity index is 2.65. The van der Waals surface area contributed by atoms with Crippen molar-refractivity contribution in [3.8, 4) is 11.1 Å². The van der Waals surface area contributed by atoms with Crippen LogP contribution in [-0.4, -0.2) is 9.97 Å². The quantitative estimate of drug-likeness (QED) is 0.754. The number of aromatic nitrogens is 2. The number of H-pyrrole nitrogens is 1. The minimum absolute atomic E-state index is 0.241. The molecule has 0 spiro atoms. The predicted octanol–water partition coefficient (Wildman–Crippen LogP) is 3.08. The molecule has 0 aliphatic heterocycles. The summed E-state index contributed by atoms with van der Waals surface area (Å²) in [6.45, 7) is 0. The molecule has 0 saturated carbocycles. The summed E-state index contributed by atoms with van der Waals surface area (Å²) in [4.78, 5) is 6.49. The normalized spacial score (nSPS) is 10.3. The van der Waals surface area contributed by atoms with Gasteiger partial charge in [-0.2, -0.15) is 0 Å². The standard InChI is InChI=1S/C10H6F2N2S/c11-6-1-2-7(9(12)3-6)8-4-13-5-14-10(8)15/h1-5H,(H,13,14,15). The van der Waals surface area contributed by atoms with E-state index in [4.69, 9.17) is 12.2 Å². The number of aromatic amines is 1. The zero-order valence-corrected chi connectivity index (χ0v) is 8.31. The monoisotopic (exact) mass is 224 g/mol. The van der Waals surface area contributed by atoms with Gasteiger partial charge in [-0.3, -0.25) is 0 Å². The zero-order valence-electron chi connectivity index (χ0n) is 7.50. The number of nitrogens with zero attached hydrogens (tertiary/aromatic N) is 1. The van der Waals surface area contributed by atoms with Gasteiger partial charge in [0.2, 0.25) is 0 Å². The second-order valence-corrected chi connectivity index (χ2v) is 3.33. The molecule has 0 radical (unpaired) electrons. The van der Waals surface area contributed by atoms with Crippen molar-refractivity contribution in [2.24, 2.45) is 0 Å². The van der Waals surface area contributed by atoms with Gasteiger partial charge in [-0.1, -0.05) is 12.2 Å². The molecule has 0 unspecified atom stereocenters. The molecule has 0 saturated heterocycles. The maximum atomic E-state index is 13.4. The van der Waals surface area contributed by atoms with Gasteiger partial charge < -0.3 is 4.98 Å². The van der Waals surface area contributed by atoms with Gasteiger partial charge >= 0.3 is 0 Å². The largest absolute Gasteiger partial charge is 0.337 e. The van der Waals surface area contributed by atoms with Crippen LogP contribution in [0.1, 0.15) is 0 Å². The lowest BCUT2D eigenvalue weighted by Gasteiger charge is -2.02. The predicted molar refractivity (Wildman–Crippen MR) is 54.8 cm³/mol. The van der Waals surface area contributed by atoms with E-state index in [1.54, 1.807) is 0 Å². The topological polar surface area (TPSA) is 28.7 Å². The average molecular weight is 224 g/mol. The van der Waals surface area contributed by atoms with Crippen LogP contribution in [0.5, 0.6) is 0 Å². The van der Waals surface area contributed by atoms with E-state index in [-0.39, 0.29) is 5.56 Å². The Kier molecular flexibility index (Phi) is 2.55. The maximum absolute atomic E-state index is 13.4. The van der Waals surface area contributed by atoms with Gasteiger partial charge in [-0.05, 0) is 12.1 Å². The van der Waals surface area contributed by atoms with E-state index in [1.807, 2.05) is 0 Å². The van der Waals surface area contributed by atoms with E-state index in [2.05, 4.69) is 9.97 Å². The highest BCUT2D eigenvalue weighted by molar-refractivity contribution is 7.71. The smallest absolute Gasteiger partial charge is 0.134 e. The van der Waals surface area contributed by atoms with Gasteiger partial charge in [0, 0.05) is 23.4 Å². The fourth-order valence-electron chi connectivity index (χ4n) is 1.24. The summed E-state index contributed by atoms with van der Waals surface area (Å²) in [5.41, 5.74) is 0.691. The molecule has 0 amide bonds. The number of hydrogen-bond acceptors (Lipinski definition) is 2. The van der Waals surface area contributed by atoms with Crippen molar-refractivity contribution in [2.75, 3.05) is 0 Å². The number of benzene rings is 1. The molecule has 76 valence electrons. The minimum atomic E-state index is -0.650. The molecule has 0 bridgehead atoms. The van der Waals surface area contributed by atoms with Crippen molar-refractivity contribution in [3.63, 3.8) is 0 Å². The minimum Gasteiger partial charge on any atom is -0.337 e. The Morgan fingerprint density at radius 2 is 2.00 bits per heavy atom. The molecule has 1 heterocycles. The third-order valence-electron chi connectivity index (χ3n) is 1.94. The fourth-order valence-corrected chi connectivity index (χ4v) is 1.46. The van der Waals surface area contributed by atoms with Gasteiger partial charge in [-0.15, -0.1) is 0 Å². The second kappa shape index (κ2) is 3.86. The van der Waals surface area contributed by atoms with Gasteiger partial charge in [0.15, 0.2) is 0 Å². The first kappa shape index (κ1) is 9.92. The van der Waals surface area contributed by atoms with Crippen molar-refractivity contribution >= 4 is 12.2 Å². The molecule has 2 nitrogen and oxygen atoms in total. The van der Waals surface area contributed by atoms with E-state index in [1.165, 1.54) is 24.7 Å². The van der Waals surface area contributed by atoms with Crippen molar-refractivity contribution in [1.82, 2.24) is 9.97 Å². The molecular formula is C10H6F2N2S. The SMILES string of the molecule is Fc1ccc(-c2cnc[nH]c2=S)c(F)c1. The highest BCUT2D eigenvalue weighted by Gasteiger charge is 2.07. The Labute approximate surface area is 89.6 Å². The second-order valence-electron chi connectivity index (χ2n) is 2.92. The summed E-state index contributed by atoms with van der Waals surface area (Å²) in [6.07, 6.45) is 2.85. The summed E-state index contributed by atoms with van der Waals surface area (Å²) in [7, 11) is 0. The van der Waals surface area contributed by atoms with Crippen molar-refractivity contribution < 1.29 is 8.78 Å². The summed E-state index contributed by atoms with van der Waals surface area (Å²) in [5, 5.41) is 0. The highest BCUT2D eigenvalue weighted by atomic mass is 32.1. The van der Waals surface area contributed by atoms with Gasteiger partial charge in [-0.25, -0.2) is 13.8 Å². The molecule has 2 aromatic rings. The molecule has 1 N–H and O–H groups in total. The third kappa shape index (κ3) is 1.92. The lowest BCUT2D eigenvalue weighted by atomic mass is 10.1. The highest BCUT2D eigenvalue weighted by Crippen LogP contribution is 2.22. The molecule has 1 aromatic heterocycles. The Morgan fingerprint density at radius 1 is 1.20 bits per heavy atom. The molecule has 1 aromatic carbocycles. The third-order valence-corrected chi connectivity index (χ3v) is 2.28. The van der Waals surface area contributed by atoms with Crippen molar-refractivity contribution in [1.29, 1.82) is 0 Å². The van der Waals surface area contributed by atoms with Crippen LogP contribution in [0.3, 0.4) is 0 Å². The van der Waals surface area contributed by atoms with E-state index in [0.29, 0.717) is 10.2 Å². The summed E-state index contributed by atoms with van der Waals surface area (Å²) < 4.78 is 26.4. The Morgan fingerprint density at radius 3 is 2.67 bits per heavy atom. The van der Waals surface area contributed by atoms with Gasteiger partial charge in [0.1, 0.15) is 16.3 Å². The molecule has 2 rings (SSSR count). The van der Waals surface area contributed by atoms with Gasteiger partial charge in [0.05, 0.1) is 6.33 Å². The van der Waals surface area contributed by atoms with Crippen LogP contribution >= 0.6 is 12.2 Å². The van der Waals surface area contributed by atoms with Crippen LogP contribution < -0.4 is 0 Å². The average Bonchev–Trinajstić information content (AvgIpc) is 2.20. The number of nitrogens with one attached hydrogen (secondary N) is 1. The Hall–Kier alpha value is -1.62. The van der Waals surface area contributed by atoms with Crippen LogP contribution in [0.25, 0.3) is 11.1 Å². The van der Waals surface area contributed by atoms with E-state index in [9.17, 15) is 8.78 Å². The van der Waals surface area contributed by atoms with E-state index < -0.39 is 11.6 Å². The van der Waals surface area contributed by atoms with Crippen LogP contribution in [0.2, 0.25) is 0 Å². The molecule has 0 fully saturated rings. The summed E-state index contributed by atoms with van der Waals surface area (Å²) >= 11 is 4.97. The van der Waals surface area contributed by atoms with Crippen LogP contribution in [0, 0.1) is 16.3 Å². The molecule has 0 aliphatic carbocycles. The maximum Gasteiger partial charge on any atom is 0.134 e. The first-order chi connectivity index (χ1) is 7.18. The lowest BCUT2D eigenvalue weighted by Crippen LogP contribution is -1.89. The molecule has 0 atom stereocenters. The van der Waals surface area contributed by atoms with Crippen molar-refractivity contribution in [3.05, 3.63) is 47.0 Å². The number of hydrogen-bond donors (Lipinski definition) is 1. The molecular weight excluding hydrogens is 218 g/mol. The van der Waals surface area contributed by atoms with Crippen LogP contribution in [-0.2, 0) is 0 Å². The number of halogens is 2. The first-order valence-electron chi connectivity index (χ1n) is 4.16. The molecule has 5 heteroatoms. The Bertz CT molecular complexity index is 551. The summed E-state index contributed by atoms with van der Waals surface area (Å²) in [5.74, 6) is -1.27. The lowest BCUT2D eigenvalue weighted by molar-refractivity contribution is 0.585. The number of rotatable bonds is 1. The van der Waals surface area contributed by atoms with Crippen LogP contribution in [0.4, 0.5) is 8.78 Å². The fraction of sp³-hybridized carbons (Fsp3) is 0. The molecule has 0 aliphatic rings. The first-order valence-corrected chi connectivity index (χ1v) is 4.57. The zero-order chi connectivity index (χ0) is 10.8.